The van der Waals surface area contributed by atoms with E-state index in [2.05, 4.69) is 0 Å². The Morgan fingerprint density at radius 1 is 1.17 bits per heavy atom. The van der Waals surface area contributed by atoms with Crippen LogP contribution in [0.3, 0.4) is 0 Å². The molecule has 0 unspecified atom stereocenters. The Bertz CT molecular complexity index is 23.0. The van der Waals surface area contributed by atoms with E-state index in [4.69, 9.17) is 18.6 Å². The van der Waals surface area contributed by atoms with E-state index in [1.54, 1.807) is 0 Å². The average Bonchev–Trinajstić information content (AvgIpc) is 0.722. The molecule has 33 valence electrons. The van der Waals surface area contributed by atoms with E-state index in [0.29, 0.717) is 0 Å². The van der Waals surface area contributed by atoms with Crippen LogP contribution in [0.2, 0.25) is 0 Å². The molecule has 0 aromatic rings. The molecule has 0 saturated carbocycles. The van der Waals surface area contributed by atoms with E-state index < -0.39 is 10.2 Å². The zero-order valence-electron chi connectivity index (χ0n) is 3.05. The summed E-state index contributed by atoms with van der Waals surface area (Å²) >= 11 is 0. The minimum Gasteiger partial charge on any atom is -0.183 e. The Labute approximate surface area is 78.9 Å². The van der Waals surface area contributed by atoms with Crippen molar-refractivity contribution in [3.63, 3.8) is 0 Å². The topological polar surface area (TPSA) is 89.4 Å². The molecule has 0 aromatic heterocycles. The van der Waals surface area contributed by atoms with Crippen LogP contribution in [0, 0.1) is 10.2 Å². The minimum absolute atomic E-state index is 0. The Morgan fingerprint density at radius 2 is 1.17 bits per heavy atom. The van der Waals surface area contributed by atoms with Crippen molar-refractivity contribution in [2.75, 3.05) is 0 Å². The van der Waals surface area contributed by atoms with Gasteiger partial charge in [-0.05, 0) is 0 Å². The molecule has 4 nitrogen and oxygen atoms in total. The molecule has 0 saturated heterocycles. The molecule has 0 aliphatic heterocycles. The third-order valence-corrected chi connectivity index (χ3v) is 0. The Balaban J connectivity index is 0. The third kappa shape index (κ3) is 42.0. The molecule has 0 amide bonds. The molecule has 0 aromatic carbocycles. The average molecular weight is 140 g/mol. The third-order valence-electron chi connectivity index (χ3n) is 0. The zero-order chi connectivity index (χ0) is 4.50. The Kier molecular flexibility index (Phi) is 6.65. The number of hydrogen-bond donors (Lipinski definition) is 1. The first-order valence-corrected chi connectivity index (χ1v) is 1.90. The molecule has 0 aliphatic rings. The van der Waals surface area contributed by atoms with Crippen LogP contribution in [0.25, 0.3) is 0 Å². The van der Waals surface area contributed by atoms with Gasteiger partial charge in [-0.2, -0.15) is 14.0 Å². The van der Waals surface area contributed by atoms with E-state index in [1.165, 1.54) is 0 Å². The SMILES string of the molecule is [K].[O-][Cl+3]([O-])([O-])O. The van der Waals surface area contributed by atoms with E-state index in [1.807, 2.05) is 0 Å². The van der Waals surface area contributed by atoms with Crippen molar-refractivity contribution in [1.29, 1.82) is 0 Å². The van der Waals surface area contributed by atoms with Crippen molar-refractivity contribution in [2.24, 2.45) is 0 Å². The molecule has 0 atom stereocenters. The zero-order valence-corrected chi connectivity index (χ0v) is 6.93. The van der Waals surface area contributed by atoms with Gasteiger partial charge in [0, 0.05) is 51.4 Å². The van der Waals surface area contributed by atoms with Crippen LogP contribution < -0.4 is 14.0 Å². The van der Waals surface area contributed by atoms with Crippen molar-refractivity contribution in [1.82, 2.24) is 0 Å². The fraction of sp³-hybridized carbons (Fsp3) is 0. The molecule has 6 heavy (non-hydrogen) atoms. The van der Waals surface area contributed by atoms with Gasteiger partial charge >= 0.3 is 0 Å². The Morgan fingerprint density at radius 3 is 1.17 bits per heavy atom. The van der Waals surface area contributed by atoms with Gasteiger partial charge in [-0.15, -0.1) is 0 Å². The second kappa shape index (κ2) is 3.73. The molecule has 0 heterocycles. The molecular weight excluding hydrogens is 139 g/mol. The maximum atomic E-state index is 8.60. The molecular formula is HClKO4. The maximum Gasteiger partial charge on any atom is 0.0777 e. The second-order valence-electron chi connectivity index (χ2n) is 0.396. The van der Waals surface area contributed by atoms with Gasteiger partial charge in [0.05, 0.1) is 14.9 Å². The molecule has 0 rings (SSSR count). The van der Waals surface area contributed by atoms with Gasteiger partial charge in [-0.1, -0.05) is 0 Å². The van der Waals surface area contributed by atoms with Gasteiger partial charge in [-0.3, -0.25) is 0 Å². The van der Waals surface area contributed by atoms with E-state index in [0.717, 1.165) is 0 Å². The van der Waals surface area contributed by atoms with Crippen LogP contribution in [0.1, 0.15) is 0 Å². The monoisotopic (exact) mass is 139 g/mol. The van der Waals surface area contributed by atoms with Crippen molar-refractivity contribution in [2.45, 2.75) is 0 Å². The van der Waals surface area contributed by atoms with Crippen LogP contribution in [0.15, 0.2) is 0 Å². The van der Waals surface area contributed by atoms with Crippen molar-refractivity contribution < 1.29 is 28.9 Å². The van der Waals surface area contributed by atoms with E-state index >= 15 is 0 Å². The smallest absolute Gasteiger partial charge is 0.0777 e. The van der Waals surface area contributed by atoms with Gasteiger partial charge in [0.15, 0.2) is 0 Å². The molecule has 1 N–H and O–H groups in total. The van der Waals surface area contributed by atoms with Gasteiger partial charge in [0.2, 0.25) is 0 Å². The summed E-state index contributed by atoms with van der Waals surface area (Å²) in [6, 6.07) is 0. The first-order chi connectivity index (χ1) is 2.00. The molecule has 0 spiro atoms. The van der Waals surface area contributed by atoms with Gasteiger partial charge in [-0.25, -0.2) is 0 Å². The fourth-order valence-corrected chi connectivity index (χ4v) is 0. The van der Waals surface area contributed by atoms with Crippen LogP contribution in [0.5, 0.6) is 0 Å². The van der Waals surface area contributed by atoms with Gasteiger partial charge in [0.1, 0.15) is 0 Å². The predicted molar refractivity (Wildman–Crippen MR) is 7.97 cm³/mol. The van der Waals surface area contributed by atoms with Crippen molar-refractivity contribution in [3.8, 4) is 0 Å². The van der Waals surface area contributed by atoms with Crippen LogP contribution in [0.4, 0.5) is 0 Å². The Hall–Kier alpha value is 1.77. The van der Waals surface area contributed by atoms with Gasteiger partial charge < -0.3 is 0 Å². The van der Waals surface area contributed by atoms with Gasteiger partial charge in [0.25, 0.3) is 0 Å². The van der Waals surface area contributed by atoms with Crippen LogP contribution in [-0.2, 0) is 0 Å². The molecule has 0 fully saturated rings. The molecule has 0 aliphatic carbocycles. The summed E-state index contributed by atoms with van der Waals surface area (Å²) in [6.45, 7) is 0. The summed E-state index contributed by atoms with van der Waals surface area (Å²) in [4.78, 5) is 0. The summed E-state index contributed by atoms with van der Waals surface area (Å²) in [5, 5.41) is 0. The summed E-state index contributed by atoms with van der Waals surface area (Å²) in [6.07, 6.45) is 0. The van der Waals surface area contributed by atoms with Crippen LogP contribution >= 0.6 is 0 Å². The maximum absolute atomic E-state index is 8.60. The second-order valence-corrected chi connectivity index (χ2v) is 1.19. The number of rotatable bonds is 0. The molecule has 1 radical (unpaired) electrons. The number of halogens is 1. The van der Waals surface area contributed by atoms with E-state index in [9.17, 15) is 0 Å². The van der Waals surface area contributed by atoms with Crippen LogP contribution in [-0.4, -0.2) is 56.0 Å². The first kappa shape index (κ1) is 10.7. The summed E-state index contributed by atoms with van der Waals surface area (Å²) in [5.74, 6) is 0. The van der Waals surface area contributed by atoms with Crippen molar-refractivity contribution >= 4 is 51.4 Å². The quantitative estimate of drug-likeness (QED) is 0.343. The normalized spacial score (nSPS) is 10.0. The summed E-state index contributed by atoms with van der Waals surface area (Å²) < 4.78 is 32.7. The largest absolute Gasteiger partial charge is 0.183 e. The standard InChI is InChI=1S/ClHO4.K/c2-1(3,4)5;/h(H,2,3,4,5);. The van der Waals surface area contributed by atoms with E-state index in [-0.39, 0.29) is 51.4 Å². The molecule has 6 heteroatoms. The number of hydrogen-bond acceptors (Lipinski definition) is 4. The predicted octanol–water partition coefficient (Wildman–Crippen LogP) is -4.50. The fourth-order valence-electron chi connectivity index (χ4n) is 0. The summed E-state index contributed by atoms with van der Waals surface area (Å²) in [5.41, 5.74) is 0. The molecule has 0 bridgehead atoms. The van der Waals surface area contributed by atoms with Crippen molar-refractivity contribution in [3.05, 3.63) is 0 Å². The summed E-state index contributed by atoms with van der Waals surface area (Å²) in [7, 11) is -4.69. The first-order valence-electron chi connectivity index (χ1n) is 0.632. The minimum atomic E-state index is -4.69.